The first-order chi connectivity index (χ1) is 18.6. The summed E-state index contributed by atoms with van der Waals surface area (Å²) in [7, 11) is 0.931. The van der Waals surface area contributed by atoms with Gasteiger partial charge >= 0.3 is 6.18 Å². The molecule has 2 aromatic rings. The average molecular weight is 551 g/mol. The number of carbonyl (C=O) groups excluding carboxylic acids is 1. The molecule has 1 N–H and O–H groups in total. The Morgan fingerprint density at radius 3 is 2.33 bits per heavy atom. The first-order valence-electron chi connectivity index (χ1n) is 13.3. The van der Waals surface area contributed by atoms with Crippen LogP contribution in [0.5, 0.6) is 5.75 Å². The van der Waals surface area contributed by atoms with Gasteiger partial charge in [-0.2, -0.15) is 13.2 Å². The van der Waals surface area contributed by atoms with Gasteiger partial charge in [0, 0.05) is 38.2 Å². The lowest BCUT2D eigenvalue weighted by atomic mass is 9.62. The number of para-hydroxylation sites is 1. The minimum Gasteiger partial charge on any atom is -0.490 e. The Bertz CT molecular complexity index is 1150. The summed E-state index contributed by atoms with van der Waals surface area (Å²) in [6, 6.07) is 14.6. The normalized spacial score (nSPS) is 24.0. The Labute approximate surface area is 225 Å². The zero-order chi connectivity index (χ0) is 27.7. The molecule has 0 aromatic heterocycles. The van der Waals surface area contributed by atoms with E-state index in [1.165, 1.54) is 29.2 Å². The van der Waals surface area contributed by atoms with Crippen molar-refractivity contribution in [2.24, 2.45) is 5.41 Å². The van der Waals surface area contributed by atoms with Crippen LogP contribution in [-0.2, 0) is 19.9 Å². The molecular formula is C29H34F4N2O4. The quantitative estimate of drug-likeness (QED) is 0.511. The van der Waals surface area contributed by atoms with Gasteiger partial charge in [-0.1, -0.05) is 48.5 Å². The maximum Gasteiger partial charge on any atom is 0.430 e. The van der Waals surface area contributed by atoms with Crippen molar-refractivity contribution < 1.29 is 36.6 Å². The second kappa shape index (κ2) is 10.7. The highest BCUT2D eigenvalue weighted by Gasteiger charge is 2.64. The number of rotatable bonds is 7. The Morgan fingerprint density at radius 2 is 1.72 bits per heavy atom. The fourth-order valence-corrected chi connectivity index (χ4v) is 6.31. The molecular weight excluding hydrogens is 516 g/mol. The van der Waals surface area contributed by atoms with Crippen molar-refractivity contribution >= 4 is 5.91 Å². The first-order valence-corrected chi connectivity index (χ1v) is 13.3. The second-order valence-corrected chi connectivity index (χ2v) is 10.9. The molecule has 3 fully saturated rings. The second-order valence-electron chi connectivity index (χ2n) is 10.9. The van der Waals surface area contributed by atoms with E-state index in [0.29, 0.717) is 25.1 Å². The monoisotopic (exact) mass is 550 g/mol. The molecule has 0 radical (unpaired) electrons. The summed E-state index contributed by atoms with van der Waals surface area (Å²) < 4.78 is 74.1. The van der Waals surface area contributed by atoms with Crippen LogP contribution in [0.3, 0.4) is 0 Å². The summed E-state index contributed by atoms with van der Waals surface area (Å²) in [5.74, 6) is -0.492. The van der Waals surface area contributed by atoms with Gasteiger partial charge < -0.3 is 24.4 Å². The van der Waals surface area contributed by atoms with Crippen molar-refractivity contribution in [1.82, 2.24) is 10.2 Å². The molecule has 0 saturated carbocycles. The summed E-state index contributed by atoms with van der Waals surface area (Å²) in [5.41, 5.74) is -4.10. The van der Waals surface area contributed by atoms with Gasteiger partial charge in [0.2, 0.25) is 0 Å². The third-order valence-electron chi connectivity index (χ3n) is 8.62. The van der Waals surface area contributed by atoms with Crippen molar-refractivity contribution in [3.63, 3.8) is 0 Å². The van der Waals surface area contributed by atoms with Crippen LogP contribution in [0.2, 0.25) is 0 Å². The summed E-state index contributed by atoms with van der Waals surface area (Å²) in [6.45, 7) is 1.71. The number of nitrogens with zero attached hydrogens (tertiary/aromatic N) is 1. The Balaban J connectivity index is 1.37. The molecule has 0 aliphatic carbocycles. The number of ether oxygens (including phenoxy) is 3. The number of alkyl halides is 4. The van der Waals surface area contributed by atoms with E-state index in [2.05, 4.69) is 5.32 Å². The Hall–Kier alpha value is -2.69. The lowest BCUT2D eigenvalue weighted by Crippen LogP contribution is -2.59. The molecule has 3 aliphatic rings. The highest BCUT2D eigenvalue weighted by Crippen LogP contribution is 2.51. The third-order valence-corrected chi connectivity index (χ3v) is 8.62. The van der Waals surface area contributed by atoms with E-state index < -0.39 is 23.4 Å². The molecule has 10 heteroatoms. The molecule has 5 rings (SSSR count). The van der Waals surface area contributed by atoms with Crippen LogP contribution < -0.4 is 10.1 Å². The SMILES string of the molecule is CO[C@@](C(=O)N1CCC2(CCNCC2c2ccccc2OCC2(F)COC2)CC1)(c1ccccc1)C(F)(F)F. The maximum atomic E-state index is 14.6. The zero-order valence-electron chi connectivity index (χ0n) is 21.9. The molecule has 1 amide bonds. The molecule has 3 heterocycles. The number of benzene rings is 2. The Morgan fingerprint density at radius 1 is 1.05 bits per heavy atom. The minimum atomic E-state index is -4.94. The number of nitrogens with one attached hydrogen (secondary N) is 1. The highest BCUT2D eigenvalue weighted by atomic mass is 19.4. The van der Waals surface area contributed by atoms with Gasteiger partial charge in [0.15, 0.2) is 5.67 Å². The van der Waals surface area contributed by atoms with Crippen LogP contribution in [0, 0.1) is 5.41 Å². The number of hydrogen-bond donors (Lipinski definition) is 1. The summed E-state index contributed by atoms with van der Waals surface area (Å²) in [5, 5.41) is 3.44. The molecule has 3 saturated heterocycles. The minimum absolute atomic E-state index is 0.00294. The lowest BCUT2D eigenvalue weighted by Gasteiger charge is -2.51. The highest BCUT2D eigenvalue weighted by molar-refractivity contribution is 5.88. The number of amides is 1. The number of methoxy groups -OCH3 is 1. The van der Waals surface area contributed by atoms with E-state index in [1.54, 1.807) is 6.07 Å². The van der Waals surface area contributed by atoms with Crippen LogP contribution in [0.4, 0.5) is 17.6 Å². The van der Waals surface area contributed by atoms with E-state index in [9.17, 15) is 22.4 Å². The van der Waals surface area contributed by atoms with Crippen molar-refractivity contribution in [3.8, 4) is 5.75 Å². The lowest BCUT2D eigenvalue weighted by molar-refractivity contribution is -0.271. The van der Waals surface area contributed by atoms with Gasteiger partial charge in [-0.15, -0.1) is 0 Å². The predicted molar refractivity (Wildman–Crippen MR) is 136 cm³/mol. The van der Waals surface area contributed by atoms with E-state index in [0.717, 1.165) is 25.6 Å². The molecule has 3 aliphatic heterocycles. The number of piperidine rings is 2. The standard InChI is InChI=1S/C29H34F4N2O4/c1-37-28(29(31,32)33,21-7-3-2-4-8-21)25(36)35-15-12-26(13-16-35)11-14-34-17-23(26)22-9-5-6-10-24(22)39-20-27(30)18-38-19-27/h2-10,23,34H,11-20H2,1H3/t23?,28-/m1/s1. The largest absolute Gasteiger partial charge is 0.490 e. The van der Waals surface area contributed by atoms with E-state index in [4.69, 9.17) is 14.2 Å². The molecule has 2 atom stereocenters. The molecule has 39 heavy (non-hydrogen) atoms. The van der Waals surface area contributed by atoms with E-state index in [-0.39, 0.29) is 49.8 Å². The maximum absolute atomic E-state index is 14.6. The smallest absolute Gasteiger partial charge is 0.430 e. The fourth-order valence-electron chi connectivity index (χ4n) is 6.31. The van der Waals surface area contributed by atoms with Crippen molar-refractivity contribution in [2.45, 2.75) is 42.6 Å². The van der Waals surface area contributed by atoms with Crippen LogP contribution in [0.25, 0.3) is 0 Å². The molecule has 0 bridgehead atoms. The summed E-state index contributed by atoms with van der Waals surface area (Å²) in [4.78, 5) is 14.9. The van der Waals surface area contributed by atoms with E-state index in [1.807, 2.05) is 24.3 Å². The molecule has 2 aromatic carbocycles. The number of carbonyl (C=O) groups is 1. The van der Waals surface area contributed by atoms with Gasteiger partial charge in [-0.3, -0.25) is 4.79 Å². The topological polar surface area (TPSA) is 60.0 Å². The number of likely N-dealkylation sites (tertiary alicyclic amines) is 1. The number of hydrogen-bond acceptors (Lipinski definition) is 5. The molecule has 1 unspecified atom stereocenters. The fraction of sp³-hybridized carbons (Fsp3) is 0.552. The summed E-state index contributed by atoms with van der Waals surface area (Å²) in [6.07, 6.45) is -3.07. The van der Waals surface area contributed by atoms with Gasteiger partial charge in [0.05, 0.1) is 13.2 Å². The molecule has 1 spiro atoms. The Kier molecular flexibility index (Phi) is 7.65. The van der Waals surface area contributed by atoms with Gasteiger partial charge in [-0.25, -0.2) is 4.39 Å². The van der Waals surface area contributed by atoms with E-state index >= 15 is 0 Å². The number of halogens is 4. The van der Waals surface area contributed by atoms with Crippen molar-refractivity contribution in [2.75, 3.05) is 53.1 Å². The zero-order valence-corrected chi connectivity index (χ0v) is 21.9. The van der Waals surface area contributed by atoms with Gasteiger partial charge in [0.25, 0.3) is 11.5 Å². The molecule has 6 nitrogen and oxygen atoms in total. The van der Waals surface area contributed by atoms with Gasteiger partial charge in [0.1, 0.15) is 12.4 Å². The summed E-state index contributed by atoms with van der Waals surface area (Å²) >= 11 is 0. The molecule has 212 valence electrons. The van der Waals surface area contributed by atoms with Crippen molar-refractivity contribution in [3.05, 3.63) is 65.7 Å². The third kappa shape index (κ3) is 5.02. The first kappa shape index (κ1) is 27.9. The average Bonchev–Trinajstić information content (AvgIpc) is 2.92. The van der Waals surface area contributed by atoms with Crippen LogP contribution >= 0.6 is 0 Å². The van der Waals surface area contributed by atoms with Crippen LogP contribution in [0.1, 0.15) is 36.3 Å². The van der Waals surface area contributed by atoms with Crippen LogP contribution in [-0.4, -0.2) is 75.8 Å². The van der Waals surface area contributed by atoms with Gasteiger partial charge in [-0.05, 0) is 42.9 Å². The predicted octanol–water partition coefficient (Wildman–Crippen LogP) is 4.59. The van der Waals surface area contributed by atoms with Crippen molar-refractivity contribution in [1.29, 1.82) is 0 Å². The van der Waals surface area contributed by atoms with Crippen LogP contribution in [0.15, 0.2) is 54.6 Å².